The lowest BCUT2D eigenvalue weighted by Gasteiger charge is -2.31. The number of carbonyl (C=O) groups is 1. The summed E-state index contributed by atoms with van der Waals surface area (Å²) in [5.41, 5.74) is 6.41. The molecular weight excluding hydrogens is 492 g/mol. The molecule has 11 heteroatoms. The van der Waals surface area contributed by atoms with Crippen molar-refractivity contribution in [2.75, 3.05) is 32.0 Å². The smallest absolute Gasteiger partial charge is 0.270 e. The Labute approximate surface area is 211 Å². The highest BCUT2D eigenvalue weighted by atomic mass is 35.5. The summed E-state index contributed by atoms with van der Waals surface area (Å²) >= 11 is 9.53. The van der Waals surface area contributed by atoms with Gasteiger partial charge in [0.05, 0.1) is 22.2 Å². The maximum atomic E-state index is 12.6. The summed E-state index contributed by atoms with van der Waals surface area (Å²) in [6, 6.07) is 5.29. The van der Waals surface area contributed by atoms with Gasteiger partial charge in [0.2, 0.25) is 5.88 Å². The van der Waals surface area contributed by atoms with Gasteiger partial charge in [-0.15, -0.1) is 22.7 Å². The minimum Gasteiger partial charge on any atom is -0.477 e. The molecule has 178 valence electrons. The number of anilines is 1. The van der Waals surface area contributed by atoms with E-state index in [1.807, 2.05) is 23.7 Å². The molecule has 34 heavy (non-hydrogen) atoms. The van der Waals surface area contributed by atoms with E-state index < -0.39 is 0 Å². The van der Waals surface area contributed by atoms with E-state index in [0.717, 1.165) is 47.4 Å². The quantitative estimate of drug-likeness (QED) is 0.455. The van der Waals surface area contributed by atoms with Crippen LogP contribution in [0, 0.1) is 17.2 Å². The van der Waals surface area contributed by atoms with Gasteiger partial charge in [-0.3, -0.25) is 9.69 Å². The highest BCUT2D eigenvalue weighted by Gasteiger charge is 2.22. The third-order valence-corrected chi connectivity index (χ3v) is 8.12. The van der Waals surface area contributed by atoms with Crippen molar-refractivity contribution in [3.8, 4) is 21.8 Å². The van der Waals surface area contributed by atoms with Crippen molar-refractivity contribution in [1.82, 2.24) is 20.2 Å². The first-order chi connectivity index (χ1) is 16.5. The number of hydrogen-bond donors (Lipinski definition) is 2. The fourth-order valence-electron chi connectivity index (χ4n) is 3.84. The molecule has 0 unspecified atom stereocenters. The second kappa shape index (κ2) is 11.1. The van der Waals surface area contributed by atoms with Gasteiger partial charge in [-0.1, -0.05) is 11.6 Å². The summed E-state index contributed by atoms with van der Waals surface area (Å²) < 4.78 is 5.37. The van der Waals surface area contributed by atoms with Crippen LogP contribution in [0.25, 0.3) is 9.88 Å². The van der Waals surface area contributed by atoms with Gasteiger partial charge in [-0.05, 0) is 56.3 Å². The summed E-state index contributed by atoms with van der Waals surface area (Å²) in [6.07, 6.45) is 3.93. The van der Waals surface area contributed by atoms with Crippen LogP contribution in [0.15, 0.2) is 23.7 Å². The van der Waals surface area contributed by atoms with Crippen LogP contribution in [0.5, 0.6) is 5.88 Å². The minimum absolute atomic E-state index is 0.0935. The van der Waals surface area contributed by atoms with Crippen molar-refractivity contribution in [2.24, 2.45) is 5.92 Å². The van der Waals surface area contributed by atoms with Crippen LogP contribution in [0.3, 0.4) is 0 Å². The minimum atomic E-state index is -0.316. The van der Waals surface area contributed by atoms with Gasteiger partial charge in [-0.2, -0.15) is 5.26 Å². The third kappa shape index (κ3) is 5.67. The van der Waals surface area contributed by atoms with Gasteiger partial charge < -0.3 is 15.8 Å². The number of thiazole rings is 1. The van der Waals surface area contributed by atoms with E-state index in [2.05, 4.69) is 20.2 Å². The monoisotopic (exact) mass is 516 g/mol. The first-order valence-corrected chi connectivity index (χ1v) is 13.1. The number of piperidine rings is 1. The molecule has 0 spiro atoms. The number of pyridine rings is 1. The number of nitrogens with one attached hydrogen (secondary N) is 1. The van der Waals surface area contributed by atoms with Crippen LogP contribution in [0.2, 0.25) is 5.02 Å². The Balaban J connectivity index is 1.26. The molecule has 1 aliphatic rings. The number of likely N-dealkylation sites (tertiary alicyclic amines) is 1. The Kier molecular flexibility index (Phi) is 8.00. The van der Waals surface area contributed by atoms with Gasteiger partial charge in [-0.25, -0.2) is 9.97 Å². The Bertz CT molecular complexity index is 1200. The molecule has 0 bridgehead atoms. The topological polar surface area (TPSA) is 117 Å². The normalized spacial score (nSPS) is 14.6. The van der Waals surface area contributed by atoms with Gasteiger partial charge in [0.1, 0.15) is 22.3 Å². The molecule has 4 heterocycles. The summed E-state index contributed by atoms with van der Waals surface area (Å²) in [4.78, 5) is 26.0. The lowest BCUT2D eigenvalue weighted by molar-refractivity contribution is 0.0929. The summed E-state index contributed by atoms with van der Waals surface area (Å²) in [6.45, 7) is 5.48. The van der Waals surface area contributed by atoms with E-state index in [9.17, 15) is 10.1 Å². The van der Waals surface area contributed by atoms with E-state index >= 15 is 0 Å². The number of rotatable bonds is 8. The van der Waals surface area contributed by atoms with E-state index in [4.69, 9.17) is 22.1 Å². The van der Waals surface area contributed by atoms with Gasteiger partial charge >= 0.3 is 0 Å². The van der Waals surface area contributed by atoms with Crippen LogP contribution in [0.1, 0.15) is 40.7 Å². The molecule has 1 fully saturated rings. The van der Waals surface area contributed by atoms with Crippen molar-refractivity contribution in [1.29, 1.82) is 5.26 Å². The highest BCUT2D eigenvalue weighted by Crippen LogP contribution is 2.36. The molecule has 3 N–H and O–H groups in total. The summed E-state index contributed by atoms with van der Waals surface area (Å²) in [5.74, 6) is 0.171. The molecule has 0 atom stereocenters. The molecule has 4 rings (SSSR count). The molecule has 3 aromatic rings. The van der Waals surface area contributed by atoms with Gasteiger partial charge in [0.15, 0.2) is 0 Å². The maximum Gasteiger partial charge on any atom is 0.270 e. The Morgan fingerprint density at radius 2 is 2.24 bits per heavy atom. The van der Waals surface area contributed by atoms with Crippen LogP contribution >= 0.6 is 34.3 Å². The molecule has 0 aliphatic carbocycles. The summed E-state index contributed by atoms with van der Waals surface area (Å²) in [5, 5.41) is 15.9. The zero-order valence-electron chi connectivity index (χ0n) is 18.7. The molecule has 0 radical (unpaired) electrons. The number of nitrogen functional groups attached to an aromatic ring is 1. The number of halogens is 1. The predicted molar refractivity (Wildman–Crippen MR) is 135 cm³/mol. The first-order valence-electron chi connectivity index (χ1n) is 11.0. The number of hydrogen-bond acceptors (Lipinski definition) is 9. The number of carbonyl (C=O) groups excluding carboxylic acids is 1. The molecule has 8 nitrogen and oxygen atoms in total. The molecule has 1 aliphatic heterocycles. The van der Waals surface area contributed by atoms with E-state index in [1.54, 1.807) is 29.6 Å². The molecule has 3 aromatic heterocycles. The lowest BCUT2D eigenvalue weighted by Crippen LogP contribution is -2.38. The average molecular weight is 517 g/mol. The van der Waals surface area contributed by atoms with Gasteiger partial charge in [0.25, 0.3) is 5.91 Å². The molecule has 1 amide bonds. The standard InChI is InChI=1S/C23H25ClN6O2S2/c1-2-32-22-16(10-25)18(26)9-19(29-22)21(31)27-11-14-3-6-30(7-4-14)13-15-12-28-23(34-15)20-17(24)5-8-33-20/h5,8-9,12,14H,2-4,6-7,11,13H2,1H3,(H2,26,29)(H,27,31). The van der Waals surface area contributed by atoms with Crippen molar-refractivity contribution in [2.45, 2.75) is 26.3 Å². The van der Waals surface area contributed by atoms with Crippen LogP contribution in [0.4, 0.5) is 5.69 Å². The third-order valence-electron chi connectivity index (χ3n) is 5.65. The van der Waals surface area contributed by atoms with Crippen LogP contribution in [-0.4, -0.2) is 47.0 Å². The number of thiophene rings is 1. The fourth-order valence-corrected chi connectivity index (χ4v) is 6.11. The Hall–Kier alpha value is -2.71. The highest BCUT2D eigenvalue weighted by molar-refractivity contribution is 7.21. The average Bonchev–Trinajstić information content (AvgIpc) is 3.47. The van der Waals surface area contributed by atoms with Crippen molar-refractivity contribution in [3.05, 3.63) is 44.9 Å². The lowest BCUT2D eigenvalue weighted by atomic mass is 9.96. The fraction of sp³-hybridized carbons (Fsp3) is 0.391. The molecular formula is C23H25ClN6O2S2. The van der Waals surface area contributed by atoms with Crippen LogP contribution < -0.4 is 15.8 Å². The number of nitriles is 1. The van der Waals surface area contributed by atoms with Crippen molar-refractivity contribution < 1.29 is 9.53 Å². The second-order valence-electron chi connectivity index (χ2n) is 7.98. The number of aromatic nitrogens is 2. The zero-order valence-corrected chi connectivity index (χ0v) is 21.1. The Morgan fingerprint density at radius 1 is 1.44 bits per heavy atom. The second-order valence-corrected chi connectivity index (χ2v) is 10.4. The molecule has 0 aromatic carbocycles. The number of nitrogens with zero attached hydrogens (tertiary/aromatic N) is 4. The van der Waals surface area contributed by atoms with E-state index in [-0.39, 0.29) is 28.7 Å². The van der Waals surface area contributed by atoms with Crippen molar-refractivity contribution in [3.63, 3.8) is 0 Å². The van der Waals surface area contributed by atoms with E-state index in [1.165, 1.54) is 10.9 Å². The summed E-state index contributed by atoms with van der Waals surface area (Å²) in [7, 11) is 0. The largest absolute Gasteiger partial charge is 0.477 e. The predicted octanol–water partition coefficient (Wildman–Crippen LogP) is 4.41. The number of amides is 1. The van der Waals surface area contributed by atoms with Crippen LogP contribution in [-0.2, 0) is 6.54 Å². The SMILES string of the molecule is CCOc1nc(C(=O)NCC2CCN(Cc3cnc(-c4sccc4Cl)s3)CC2)cc(N)c1C#N. The maximum absolute atomic E-state index is 12.6. The molecule has 0 saturated carbocycles. The molecule has 1 saturated heterocycles. The zero-order chi connectivity index (χ0) is 24.1. The number of ether oxygens (including phenoxy) is 1. The Morgan fingerprint density at radius 3 is 2.91 bits per heavy atom. The van der Waals surface area contributed by atoms with Gasteiger partial charge in [0, 0.05) is 24.2 Å². The van der Waals surface area contributed by atoms with Crippen molar-refractivity contribution >= 4 is 45.9 Å². The first kappa shape index (κ1) is 24.4. The number of nitrogens with two attached hydrogens (primary N) is 1. The van der Waals surface area contributed by atoms with E-state index in [0.29, 0.717) is 19.1 Å².